The summed E-state index contributed by atoms with van der Waals surface area (Å²) in [7, 11) is 0. The average molecular weight is 232 g/mol. The zero-order chi connectivity index (χ0) is 12.2. The summed E-state index contributed by atoms with van der Waals surface area (Å²) in [5, 5.41) is 17.4. The molecule has 0 radical (unpaired) electrons. The SMILES string of the molecule is O=C(O)CC(F)(F)COc1ccccc1O. The smallest absolute Gasteiger partial charge is 0.309 e. The van der Waals surface area contributed by atoms with Crippen LogP contribution >= 0.6 is 0 Å². The number of aromatic hydroxyl groups is 1. The summed E-state index contributed by atoms with van der Waals surface area (Å²) >= 11 is 0. The van der Waals surface area contributed by atoms with Gasteiger partial charge in [0.1, 0.15) is 6.42 Å². The van der Waals surface area contributed by atoms with Crippen molar-refractivity contribution in [3.8, 4) is 11.5 Å². The maximum atomic E-state index is 12.9. The van der Waals surface area contributed by atoms with E-state index in [1.54, 1.807) is 0 Å². The Hall–Kier alpha value is -1.85. The molecule has 0 fully saturated rings. The number of carboxylic acid groups (broad SMARTS) is 1. The fourth-order valence-corrected chi connectivity index (χ4v) is 1.03. The second-order valence-electron chi connectivity index (χ2n) is 3.18. The highest BCUT2D eigenvalue weighted by Gasteiger charge is 2.33. The predicted octanol–water partition coefficient (Wildman–Crippen LogP) is 1.88. The molecule has 0 saturated heterocycles. The topological polar surface area (TPSA) is 66.8 Å². The zero-order valence-electron chi connectivity index (χ0n) is 8.19. The van der Waals surface area contributed by atoms with Crippen molar-refractivity contribution in [2.75, 3.05) is 6.61 Å². The fraction of sp³-hybridized carbons (Fsp3) is 0.300. The molecule has 0 amide bonds. The molecule has 0 atom stereocenters. The van der Waals surface area contributed by atoms with Crippen LogP contribution in [0.4, 0.5) is 8.78 Å². The largest absolute Gasteiger partial charge is 0.504 e. The Kier molecular flexibility index (Phi) is 3.65. The van der Waals surface area contributed by atoms with E-state index in [-0.39, 0.29) is 11.5 Å². The van der Waals surface area contributed by atoms with Gasteiger partial charge < -0.3 is 14.9 Å². The van der Waals surface area contributed by atoms with Crippen molar-refractivity contribution in [2.45, 2.75) is 12.3 Å². The van der Waals surface area contributed by atoms with Crippen molar-refractivity contribution in [3.63, 3.8) is 0 Å². The Bertz CT molecular complexity index is 379. The molecular weight excluding hydrogens is 222 g/mol. The lowest BCUT2D eigenvalue weighted by Crippen LogP contribution is -2.28. The highest BCUT2D eigenvalue weighted by molar-refractivity contribution is 5.67. The molecule has 0 bridgehead atoms. The monoisotopic (exact) mass is 232 g/mol. The molecule has 2 N–H and O–H groups in total. The van der Waals surface area contributed by atoms with Crippen molar-refractivity contribution >= 4 is 5.97 Å². The lowest BCUT2D eigenvalue weighted by atomic mass is 10.2. The van der Waals surface area contributed by atoms with Crippen molar-refractivity contribution in [1.82, 2.24) is 0 Å². The first-order chi connectivity index (χ1) is 7.41. The molecule has 1 rings (SSSR count). The van der Waals surface area contributed by atoms with Gasteiger partial charge in [0.15, 0.2) is 18.1 Å². The van der Waals surface area contributed by atoms with Gasteiger partial charge in [-0.05, 0) is 12.1 Å². The van der Waals surface area contributed by atoms with Gasteiger partial charge in [-0.15, -0.1) is 0 Å². The summed E-state index contributed by atoms with van der Waals surface area (Å²) in [6, 6.07) is 5.61. The van der Waals surface area contributed by atoms with Crippen molar-refractivity contribution in [3.05, 3.63) is 24.3 Å². The van der Waals surface area contributed by atoms with Gasteiger partial charge in [0.25, 0.3) is 5.92 Å². The lowest BCUT2D eigenvalue weighted by Gasteiger charge is -2.15. The van der Waals surface area contributed by atoms with Gasteiger partial charge in [-0.2, -0.15) is 0 Å². The maximum Gasteiger partial charge on any atom is 0.309 e. The molecular formula is C10H10F2O4. The average Bonchev–Trinajstić information content (AvgIpc) is 2.14. The van der Waals surface area contributed by atoms with Gasteiger partial charge in [0, 0.05) is 0 Å². The number of benzene rings is 1. The van der Waals surface area contributed by atoms with Gasteiger partial charge >= 0.3 is 5.97 Å². The van der Waals surface area contributed by atoms with Crippen molar-refractivity contribution in [1.29, 1.82) is 0 Å². The molecule has 4 nitrogen and oxygen atoms in total. The number of para-hydroxylation sites is 2. The summed E-state index contributed by atoms with van der Waals surface area (Å²) in [6.45, 7) is -1.09. The van der Waals surface area contributed by atoms with Crippen LogP contribution in [0.3, 0.4) is 0 Å². The van der Waals surface area contributed by atoms with E-state index in [1.807, 2.05) is 0 Å². The number of aliphatic carboxylic acids is 1. The van der Waals surface area contributed by atoms with E-state index in [2.05, 4.69) is 4.74 Å². The first-order valence-corrected chi connectivity index (χ1v) is 4.41. The Morgan fingerprint density at radius 1 is 1.38 bits per heavy atom. The second kappa shape index (κ2) is 4.78. The molecule has 1 aromatic rings. The number of halogens is 2. The number of rotatable bonds is 5. The molecule has 0 aliphatic rings. The third-order valence-electron chi connectivity index (χ3n) is 1.71. The highest BCUT2D eigenvalue weighted by Crippen LogP contribution is 2.27. The molecule has 0 heterocycles. The molecule has 88 valence electrons. The predicted molar refractivity (Wildman–Crippen MR) is 50.8 cm³/mol. The van der Waals surface area contributed by atoms with E-state index in [0.717, 1.165) is 0 Å². The zero-order valence-corrected chi connectivity index (χ0v) is 8.19. The van der Waals surface area contributed by atoms with Gasteiger partial charge in [0.2, 0.25) is 0 Å². The Labute approximate surface area is 90.1 Å². The lowest BCUT2D eigenvalue weighted by molar-refractivity contribution is -0.147. The Morgan fingerprint density at radius 3 is 2.56 bits per heavy atom. The van der Waals surface area contributed by atoms with Crippen LogP contribution in [0.25, 0.3) is 0 Å². The van der Waals surface area contributed by atoms with Crippen LogP contribution in [-0.2, 0) is 4.79 Å². The van der Waals surface area contributed by atoms with E-state index in [4.69, 9.17) is 5.11 Å². The van der Waals surface area contributed by atoms with Gasteiger partial charge in [-0.1, -0.05) is 12.1 Å². The van der Waals surface area contributed by atoms with E-state index < -0.39 is 24.9 Å². The minimum Gasteiger partial charge on any atom is -0.504 e. The van der Waals surface area contributed by atoms with E-state index >= 15 is 0 Å². The first-order valence-electron chi connectivity index (χ1n) is 4.41. The third-order valence-corrected chi connectivity index (χ3v) is 1.71. The second-order valence-corrected chi connectivity index (χ2v) is 3.18. The van der Waals surface area contributed by atoms with Crippen LogP contribution in [0.1, 0.15) is 6.42 Å². The van der Waals surface area contributed by atoms with Crippen molar-refractivity contribution in [2.24, 2.45) is 0 Å². The molecule has 0 aromatic heterocycles. The molecule has 6 heteroatoms. The summed E-state index contributed by atoms with van der Waals surface area (Å²) in [5.74, 6) is -5.44. The minimum absolute atomic E-state index is 0.104. The van der Waals surface area contributed by atoms with Crippen LogP contribution in [-0.4, -0.2) is 28.7 Å². The number of ether oxygens (including phenoxy) is 1. The van der Waals surface area contributed by atoms with Gasteiger partial charge in [-0.25, -0.2) is 8.78 Å². The van der Waals surface area contributed by atoms with Gasteiger partial charge in [-0.3, -0.25) is 4.79 Å². The molecule has 0 spiro atoms. The van der Waals surface area contributed by atoms with Crippen LogP contribution in [0.5, 0.6) is 11.5 Å². The summed E-state index contributed by atoms with van der Waals surface area (Å²) in [4.78, 5) is 10.1. The Balaban J connectivity index is 2.57. The number of carboxylic acids is 1. The number of phenols is 1. The molecule has 0 unspecified atom stereocenters. The highest BCUT2D eigenvalue weighted by atomic mass is 19.3. The number of alkyl halides is 2. The van der Waals surface area contributed by atoms with Crippen LogP contribution in [0.2, 0.25) is 0 Å². The van der Waals surface area contributed by atoms with Crippen LogP contribution in [0, 0.1) is 0 Å². The van der Waals surface area contributed by atoms with Crippen LogP contribution < -0.4 is 4.74 Å². The summed E-state index contributed by atoms with van der Waals surface area (Å²) < 4.78 is 30.4. The number of carbonyl (C=O) groups is 1. The summed E-state index contributed by atoms with van der Waals surface area (Å²) in [5.41, 5.74) is 0. The molecule has 0 saturated carbocycles. The maximum absolute atomic E-state index is 12.9. The number of hydrogen-bond donors (Lipinski definition) is 2. The van der Waals surface area contributed by atoms with Crippen molar-refractivity contribution < 1.29 is 28.5 Å². The molecule has 0 aliphatic heterocycles. The molecule has 0 aliphatic carbocycles. The molecule has 1 aromatic carbocycles. The first kappa shape index (κ1) is 12.2. The third kappa shape index (κ3) is 3.72. The fourth-order valence-electron chi connectivity index (χ4n) is 1.03. The summed E-state index contributed by atoms with van der Waals surface area (Å²) in [6.07, 6.45) is -1.30. The normalized spacial score (nSPS) is 11.1. The quantitative estimate of drug-likeness (QED) is 0.813. The van der Waals surface area contributed by atoms with Crippen LogP contribution in [0.15, 0.2) is 24.3 Å². The number of hydrogen-bond acceptors (Lipinski definition) is 3. The number of phenolic OH excluding ortho intramolecular Hbond substituents is 1. The minimum atomic E-state index is -3.46. The molecule has 16 heavy (non-hydrogen) atoms. The standard InChI is InChI=1S/C10H10F2O4/c11-10(12,5-9(14)15)6-16-8-4-2-1-3-7(8)13/h1-4,13H,5-6H2,(H,14,15). The van der Waals surface area contributed by atoms with E-state index in [1.165, 1.54) is 24.3 Å². The Morgan fingerprint density at radius 2 is 2.00 bits per heavy atom. The van der Waals surface area contributed by atoms with E-state index in [0.29, 0.717) is 0 Å². The van der Waals surface area contributed by atoms with Gasteiger partial charge in [0.05, 0.1) is 0 Å². The van der Waals surface area contributed by atoms with E-state index in [9.17, 15) is 18.7 Å².